The molecule has 1 aromatic carbocycles. The summed E-state index contributed by atoms with van der Waals surface area (Å²) in [5, 5.41) is 3.82. The van der Waals surface area contributed by atoms with E-state index in [1.807, 2.05) is 0 Å². The Morgan fingerprint density at radius 2 is 2.10 bits per heavy atom. The van der Waals surface area contributed by atoms with Gasteiger partial charge in [-0.2, -0.15) is 0 Å². The van der Waals surface area contributed by atoms with E-state index < -0.39 is 0 Å². The summed E-state index contributed by atoms with van der Waals surface area (Å²) < 4.78 is 0. The minimum Gasteiger partial charge on any atom is -0.375 e. The van der Waals surface area contributed by atoms with E-state index in [4.69, 9.17) is 0 Å². The average Bonchev–Trinajstić information content (AvgIpc) is 3.00. The highest BCUT2D eigenvalue weighted by Gasteiger charge is 2.31. The molecule has 21 heavy (non-hydrogen) atoms. The maximum absolute atomic E-state index is 3.82. The molecule has 2 saturated heterocycles. The van der Waals surface area contributed by atoms with Crippen LogP contribution in [0.5, 0.6) is 0 Å². The van der Waals surface area contributed by atoms with Gasteiger partial charge in [0.15, 0.2) is 0 Å². The molecule has 0 aliphatic carbocycles. The quantitative estimate of drug-likeness (QED) is 0.898. The summed E-state index contributed by atoms with van der Waals surface area (Å²) >= 11 is 0. The third-order valence-corrected chi connectivity index (χ3v) is 5.28. The van der Waals surface area contributed by atoms with Gasteiger partial charge in [-0.05, 0) is 57.3 Å². The van der Waals surface area contributed by atoms with Crippen molar-refractivity contribution in [3.8, 4) is 0 Å². The molecule has 1 aromatic rings. The zero-order valence-corrected chi connectivity index (χ0v) is 13.5. The Labute approximate surface area is 129 Å². The second-order valence-corrected chi connectivity index (χ2v) is 6.58. The number of hydrogen-bond acceptors (Lipinski definition) is 3. The second kappa shape index (κ2) is 6.80. The molecular weight excluding hydrogens is 258 g/mol. The molecule has 0 radical (unpaired) electrons. The van der Waals surface area contributed by atoms with Gasteiger partial charge in [0.25, 0.3) is 0 Å². The minimum absolute atomic E-state index is 0.698. The second-order valence-electron chi connectivity index (χ2n) is 6.58. The molecule has 1 N–H and O–H groups in total. The van der Waals surface area contributed by atoms with Gasteiger partial charge < -0.3 is 15.1 Å². The largest absolute Gasteiger partial charge is 0.375 e. The molecule has 2 aliphatic rings. The predicted octanol–water partition coefficient (Wildman–Crippen LogP) is 2.86. The first-order valence-corrected chi connectivity index (χ1v) is 8.54. The van der Waals surface area contributed by atoms with E-state index in [1.165, 1.54) is 50.0 Å². The maximum Gasteiger partial charge on any atom is 0.0409 e. The maximum atomic E-state index is 3.82. The molecule has 116 valence electrons. The van der Waals surface area contributed by atoms with E-state index >= 15 is 0 Å². The molecular formula is C18H29N3. The first-order chi connectivity index (χ1) is 10.3. The number of benzene rings is 1. The van der Waals surface area contributed by atoms with E-state index in [-0.39, 0.29) is 0 Å². The van der Waals surface area contributed by atoms with Crippen LogP contribution in [0.4, 0.5) is 5.69 Å². The number of para-hydroxylation sites is 1. The number of nitrogens with one attached hydrogen (secondary N) is 1. The van der Waals surface area contributed by atoms with E-state index in [9.17, 15) is 0 Å². The van der Waals surface area contributed by atoms with Gasteiger partial charge in [-0.25, -0.2) is 0 Å². The molecule has 3 heteroatoms. The van der Waals surface area contributed by atoms with Crippen LogP contribution in [-0.2, 0) is 6.54 Å². The molecule has 0 saturated carbocycles. The third kappa shape index (κ3) is 3.41. The lowest BCUT2D eigenvalue weighted by Gasteiger charge is -2.35. The topological polar surface area (TPSA) is 18.5 Å². The Morgan fingerprint density at radius 3 is 2.95 bits per heavy atom. The highest BCUT2D eigenvalue weighted by Crippen LogP contribution is 2.27. The van der Waals surface area contributed by atoms with Crippen LogP contribution in [0.1, 0.15) is 38.2 Å². The first kappa shape index (κ1) is 14.9. The Bertz CT molecular complexity index is 460. The van der Waals surface area contributed by atoms with Crippen molar-refractivity contribution < 1.29 is 0 Å². The van der Waals surface area contributed by atoms with Crippen molar-refractivity contribution >= 4 is 5.69 Å². The first-order valence-electron chi connectivity index (χ1n) is 8.54. The van der Waals surface area contributed by atoms with Crippen LogP contribution < -0.4 is 10.2 Å². The molecule has 0 aromatic heterocycles. The van der Waals surface area contributed by atoms with Crippen LogP contribution in [-0.4, -0.2) is 43.7 Å². The summed E-state index contributed by atoms with van der Waals surface area (Å²) in [5.41, 5.74) is 2.79. The monoisotopic (exact) mass is 287 g/mol. The van der Waals surface area contributed by atoms with Crippen LogP contribution in [0.2, 0.25) is 0 Å². The molecule has 0 bridgehead atoms. The molecule has 0 amide bonds. The fourth-order valence-electron chi connectivity index (χ4n) is 3.87. The molecule has 3 nitrogen and oxygen atoms in total. The number of piperidine rings is 1. The average molecular weight is 287 g/mol. The van der Waals surface area contributed by atoms with Gasteiger partial charge in [0.05, 0.1) is 0 Å². The summed E-state index contributed by atoms with van der Waals surface area (Å²) in [4.78, 5) is 5.02. The molecule has 0 spiro atoms. The van der Waals surface area contributed by atoms with Gasteiger partial charge >= 0.3 is 0 Å². The molecule has 3 rings (SSSR count). The van der Waals surface area contributed by atoms with Crippen LogP contribution in [0.25, 0.3) is 0 Å². The number of rotatable bonds is 5. The highest BCUT2D eigenvalue weighted by molar-refractivity contribution is 5.52. The minimum atomic E-state index is 0.698. The highest BCUT2D eigenvalue weighted by atomic mass is 15.2. The SMILES string of the molecule is CCN(C)c1ccccc1CN[C@@H]1CCN2CCC[C@@H]2C1. The number of fused-ring (bicyclic) bond motifs is 1. The Hall–Kier alpha value is -1.06. The molecule has 2 atom stereocenters. The summed E-state index contributed by atoms with van der Waals surface area (Å²) in [7, 11) is 2.18. The Morgan fingerprint density at radius 1 is 1.24 bits per heavy atom. The van der Waals surface area contributed by atoms with Gasteiger partial charge in [-0.1, -0.05) is 18.2 Å². The fourth-order valence-corrected chi connectivity index (χ4v) is 3.87. The lowest BCUT2D eigenvalue weighted by molar-refractivity contribution is 0.166. The summed E-state index contributed by atoms with van der Waals surface area (Å²) in [6, 6.07) is 10.3. The van der Waals surface area contributed by atoms with Crippen molar-refractivity contribution in [2.75, 3.05) is 31.6 Å². The van der Waals surface area contributed by atoms with Gasteiger partial charge in [0.1, 0.15) is 0 Å². The zero-order valence-electron chi connectivity index (χ0n) is 13.5. The Kier molecular flexibility index (Phi) is 4.81. The van der Waals surface area contributed by atoms with Crippen LogP contribution >= 0.6 is 0 Å². The molecule has 2 fully saturated rings. The fraction of sp³-hybridized carbons (Fsp3) is 0.667. The molecule has 2 aliphatic heterocycles. The van der Waals surface area contributed by atoms with Crippen molar-refractivity contribution in [1.82, 2.24) is 10.2 Å². The summed E-state index contributed by atoms with van der Waals surface area (Å²) in [5.74, 6) is 0. The lowest BCUT2D eigenvalue weighted by atomic mass is 9.97. The number of nitrogens with zero attached hydrogens (tertiary/aromatic N) is 2. The van der Waals surface area contributed by atoms with Crippen LogP contribution in [0, 0.1) is 0 Å². The van der Waals surface area contributed by atoms with Crippen molar-refractivity contribution in [3.63, 3.8) is 0 Å². The van der Waals surface area contributed by atoms with Gasteiger partial charge in [0.2, 0.25) is 0 Å². The third-order valence-electron chi connectivity index (χ3n) is 5.28. The van der Waals surface area contributed by atoms with E-state index in [0.29, 0.717) is 6.04 Å². The van der Waals surface area contributed by atoms with Gasteiger partial charge in [-0.3, -0.25) is 0 Å². The van der Waals surface area contributed by atoms with E-state index in [1.54, 1.807) is 0 Å². The van der Waals surface area contributed by atoms with Crippen molar-refractivity contribution in [3.05, 3.63) is 29.8 Å². The van der Waals surface area contributed by atoms with Gasteiger partial charge in [-0.15, -0.1) is 0 Å². The number of anilines is 1. The summed E-state index contributed by atoms with van der Waals surface area (Å²) in [6.45, 7) is 6.88. The number of hydrogen-bond donors (Lipinski definition) is 1. The van der Waals surface area contributed by atoms with Crippen LogP contribution in [0.3, 0.4) is 0 Å². The van der Waals surface area contributed by atoms with Crippen molar-refractivity contribution in [1.29, 1.82) is 0 Å². The smallest absolute Gasteiger partial charge is 0.0409 e. The Balaban J connectivity index is 1.58. The zero-order chi connectivity index (χ0) is 14.7. The van der Waals surface area contributed by atoms with Crippen molar-refractivity contribution in [2.24, 2.45) is 0 Å². The lowest BCUT2D eigenvalue weighted by Crippen LogP contribution is -2.45. The normalized spacial score (nSPS) is 25.8. The summed E-state index contributed by atoms with van der Waals surface area (Å²) in [6.07, 6.45) is 5.46. The predicted molar refractivity (Wildman–Crippen MR) is 89.8 cm³/mol. The molecule has 0 unspecified atom stereocenters. The van der Waals surface area contributed by atoms with E-state index in [0.717, 1.165) is 19.1 Å². The van der Waals surface area contributed by atoms with Crippen molar-refractivity contribution in [2.45, 2.75) is 51.2 Å². The van der Waals surface area contributed by atoms with E-state index in [2.05, 4.69) is 53.4 Å². The van der Waals surface area contributed by atoms with Gasteiger partial charge in [0, 0.05) is 37.9 Å². The molecule has 2 heterocycles. The standard InChI is InChI=1S/C18H29N3/c1-3-20(2)18-9-5-4-7-15(18)14-19-16-10-12-21-11-6-8-17(21)13-16/h4-5,7,9,16-17,19H,3,6,8,10-14H2,1-2H3/t16-,17-/m1/s1. The van der Waals surface area contributed by atoms with Crippen LogP contribution in [0.15, 0.2) is 24.3 Å².